The summed E-state index contributed by atoms with van der Waals surface area (Å²) in [7, 11) is 0. The zero-order valence-electron chi connectivity index (χ0n) is 13.6. The Morgan fingerprint density at radius 3 is 2.76 bits per heavy atom. The first-order valence-corrected chi connectivity index (χ1v) is 10.6. The van der Waals surface area contributed by atoms with Gasteiger partial charge in [0, 0.05) is 22.1 Å². The van der Waals surface area contributed by atoms with Gasteiger partial charge < -0.3 is 4.57 Å². The topological polar surface area (TPSA) is 43.6 Å². The van der Waals surface area contributed by atoms with Crippen LogP contribution in [0.3, 0.4) is 0 Å². The molecule has 0 saturated heterocycles. The molecule has 0 unspecified atom stereocenters. The molecule has 0 aliphatic heterocycles. The van der Waals surface area contributed by atoms with Crippen LogP contribution in [0.5, 0.6) is 0 Å². The molecular formula is C18H16N4S3. The Labute approximate surface area is 158 Å². The molecule has 0 N–H and O–H groups in total. The Morgan fingerprint density at radius 1 is 1.08 bits per heavy atom. The Bertz CT molecular complexity index is 942. The first-order valence-electron chi connectivity index (χ1n) is 7.83. The van der Waals surface area contributed by atoms with Crippen molar-refractivity contribution in [2.45, 2.75) is 24.4 Å². The lowest BCUT2D eigenvalue weighted by atomic mass is 10.2. The van der Waals surface area contributed by atoms with Crippen molar-refractivity contribution >= 4 is 34.4 Å². The van der Waals surface area contributed by atoms with Crippen LogP contribution >= 0.6 is 34.4 Å². The van der Waals surface area contributed by atoms with Crippen LogP contribution in [0.1, 0.15) is 17.1 Å². The predicted molar refractivity (Wildman–Crippen MR) is 105 cm³/mol. The van der Waals surface area contributed by atoms with Crippen molar-refractivity contribution in [2.75, 3.05) is 0 Å². The minimum absolute atomic E-state index is 0.791. The number of thiazole rings is 1. The first-order chi connectivity index (χ1) is 12.3. The summed E-state index contributed by atoms with van der Waals surface area (Å²) in [5.41, 5.74) is 3.54. The van der Waals surface area contributed by atoms with E-state index in [1.165, 1.54) is 11.1 Å². The molecule has 7 heteroatoms. The van der Waals surface area contributed by atoms with E-state index >= 15 is 0 Å². The fraction of sp³-hybridized carbons (Fsp3) is 0.167. The second kappa shape index (κ2) is 7.51. The molecule has 0 radical (unpaired) electrons. The summed E-state index contributed by atoms with van der Waals surface area (Å²) in [6.45, 7) is 2.79. The van der Waals surface area contributed by atoms with Crippen molar-refractivity contribution in [2.24, 2.45) is 0 Å². The SMILES string of the molecule is Cc1nnc(SCc2csc(-c3ccsc3)n2)n1Cc1ccccc1. The Balaban J connectivity index is 1.47. The zero-order valence-corrected chi connectivity index (χ0v) is 16.1. The lowest BCUT2D eigenvalue weighted by Gasteiger charge is -2.08. The van der Waals surface area contributed by atoms with Crippen molar-refractivity contribution in [1.82, 2.24) is 19.7 Å². The second-order valence-corrected chi connectivity index (χ2v) is 8.13. The molecule has 25 heavy (non-hydrogen) atoms. The maximum atomic E-state index is 4.74. The largest absolute Gasteiger partial charge is 0.302 e. The van der Waals surface area contributed by atoms with E-state index in [1.54, 1.807) is 34.4 Å². The monoisotopic (exact) mass is 384 g/mol. The first kappa shape index (κ1) is 16.5. The maximum absolute atomic E-state index is 4.74. The molecule has 0 spiro atoms. The van der Waals surface area contributed by atoms with Crippen LogP contribution in [0.4, 0.5) is 0 Å². The normalized spacial score (nSPS) is 11.1. The quantitative estimate of drug-likeness (QED) is 0.433. The third kappa shape index (κ3) is 3.84. The molecule has 4 rings (SSSR count). The number of aryl methyl sites for hydroxylation is 1. The molecule has 4 nitrogen and oxygen atoms in total. The van der Waals surface area contributed by atoms with Gasteiger partial charge in [0.15, 0.2) is 5.16 Å². The molecule has 4 aromatic rings. The highest BCUT2D eigenvalue weighted by atomic mass is 32.2. The van der Waals surface area contributed by atoms with Gasteiger partial charge >= 0.3 is 0 Å². The van der Waals surface area contributed by atoms with Crippen molar-refractivity contribution in [3.05, 3.63) is 69.6 Å². The van der Waals surface area contributed by atoms with Crippen molar-refractivity contribution in [3.8, 4) is 10.6 Å². The van der Waals surface area contributed by atoms with E-state index in [4.69, 9.17) is 4.98 Å². The van der Waals surface area contributed by atoms with Gasteiger partial charge in [-0.15, -0.1) is 21.5 Å². The molecule has 0 atom stereocenters. The van der Waals surface area contributed by atoms with E-state index in [0.717, 1.165) is 34.0 Å². The molecule has 0 fully saturated rings. The summed E-state index contributed by atoms with van der Waals surface area (Å²) in [6.07, 6.45) is 0. The van der Waals surface area contributed by atoms with Crippen LogP contribution in [0.2, 0.25) is 0 Å². The van der Waals surface area contributed by atoms with Gasteiger partial charge in [-0.25, -0.2) is 4.98 Å². The van der Waals surface area contributed by atoms with Gasteiger partial charge in [0.1, 0.15) is 10.8 Å². The predicted octanol–water partition coefficient (Wildman–Crippen LogP) is 5.11. The molecule has 3 aromatic heterocycles. The van der Waals surface area contributed by atoms with E-state index in [-0.39, 0.29) is 0 Å². The minimum atomic E-state index is 0.791. The molecule has 0 saturated carbocycles. The fourth-order valence-corrected chi connectivity index (χ4v) is 4.96. The van der Waals surface area contributed by atoms with Crippen LogP contribution in [0, 0.1) is 6.92 Å². The number of hydrogen-bond donors (Lipinski definition) is 0. The van der Waals surface area contributed by atoms with Crippen molar-refractivity contribution < 1.29 is 0 Å². The minimum Gasteiger partial charge on any atom is -0.302 e. The van der Waals surface area contributed by atoms with Crippen LogP contribution in [0.15, 0.2) is 57.7 Å². The highest BCUT2D eigenvalue weighted by molar-refractivity contribution is 7.98. The van der Waals surface area contributed by atoms with Gasteiger partial charge in [0.25, 0.3) is 0 Å². The van der Waals surface area contributed by atoms with E-state index < -0.39 is 0 Å². The highest BCUT2D eigenvalue weighted by Crippen LogP contribution is 2.29. The average Bonchev–Trinajstić information content (AvgIpc) is 3.37. The van der Waals surface area contributed by atoms with Gasteiger partial charge in [-0.1, -0.05) is 42.1 Å². The van der Waals surface area contributed by atoms with E-state index in [9.17, 15) is 0 Å². The summed E-state index contributed by atoms with van der Waals surface area (Å²) < 4.78 is 2.16. The zero-order chi connectivity index (χ0) is 17.1. The van der Waals surface area contributed by atoms with Crippen LogP contribution in [0.25, 0.3) is 10.6 Å². The van der Waals surface area contributed by atoms with Gasteiger partial charge in [-0.05, 0) is 23.9 Å². The van der Waals surface area contributed by atoms with E-state index in [0.29, 0.717) is 0 Å². The number of hydrogen-bond acceptors (Lipinski definition) is 6. The lowest BCUT2D eigenvalue weighted by Crippen LogP contribution is -2.03. The van der Waals surface area contributed by atoms with Crippen LogP contribution < -0.4 is 0 Å². The lowest BCUT2D eigenvalue weighted by molar-refractivity contribution is 0.688. The summed E-state index contributed by atoms with van der Waals surface area (Å²) in [6, 6.07) is 12.5. The van der Waals surface area contributed by atoms with Crippen molar-refractivity contribution in [3.63, 3.8) is 0 Å². The molecule has 3 heterocycles. The third-order valence-corrected chi connectivity index (χ3v) is 6.38. The number of thioether (sulfide) groups is 1. The highest BCUT2D eigenvalue weighted by Gasteiger charge is 2.12. The van der Waals surface area contributed by atoms with Gasteiger partial charge in [0.05, 0.1) is 12.2 Å². The van der Waals surface area contributed by atoms with E-state index in [2.05, 4.69) is 61.2 Å². The molecule has 1 aromatic carbocycles. The second-order valence-electron chi connectivity index (χ2n) is 5.55. The molecule has 0 aliphatic rings. The molecule has 0 aliphatic carbocycles. The number of aromatic nitrogens is 4. The van der Waals surface area contributed by atoms with Crippen LogP contribution in [-0.4, -0.2) is 19.7 Å². The Kier molecular flexibility index (Phi) is 4.96. The molecule has 0 amide bonds. The smallest absolute Gasteiger partial charge is 0.191 e. The summed E-state index contributed by atoms with van der Waals surface area (Å²) >= 11 is 5.08. The number of rotatable bonds is 6. The van der Waals surface area contributed by atoms with Crippen LogP contribution in [-0.2, 0) is 12.3 Å². The number of nitrogens with zero attached hydrogens (tertiary/aromatic N) is 4. The summed E-state index contributed by atoms with van der Waals surface area (Å²) in [4.78, 5) is 4.74. The number of thiophene rings is 1. The standard InChI is InChI=1S/C18H16N4S3/c1-13-20-21-18(22(13)9-14-5-3-2-4-6-14)25-12-16-11-24-17(19-16)15-7-8-23-10-15/h2-8,10-11H,9,12H2,1H3. The maximum Gasteiger partial charge on any atom is 0.191 e. The Morgan fingerprint density at radius 2 is 1.96 bits per heavy atom. The molecular weight excluding hydrogens is 368 g/mol. The average molecular weight is 385 g/mol. The van der Waals surface area contributed by atoms with Gasteiger partial charge in [-0.3, -0.25) is 0 Å². The van der Waals surface area contributed by atoms with Gasteiger partial charge in [0.2, 0.25) is 0 Å². The molecule has 0 bridgehead atoms. The third-order valence-electron chi connectivity index (χ3n) is 3.75. The summed E-state index contributed by atoms with van der Waals surface area (Å²) in [5, 5.41) is 16.9. The number of benzene rings is 1. The summed E-state index contributed by atoms with van der Waals surface area (Å²) in [5.74, 6) is 1.73. The Hall–Kier alpha value is -1.96. The molecule has 126 valence electrons. The van der Waals surface area contributed by atoms with E-state index in [1.807, 2.05) is 13.0 Å². The van der Waals surface area contributed by atoms with Crippen molar-refractivity contribution in [1.29, 1.82) is 0 Å². The fourth-order valence-electron chi connectivity index (χ4n) is 2.45. The van der Waals surface area contributed by atoms with Gasteiger partial charge in [-0.2, -0.15) is 11.3 Å².